The molecule has 0 radical (unpaired) electrons. The van der Waals surface area contributed by atoms with Crippen LogP contribution in [-0.2, 0) is 0 Å². The molecular formula is C13H19ClN2O. The Morgan fingerprint density at radius 3 is 2.59 bits per heavy atom. The van der Waals surface area contributed by atoms with Crippen molar-refractivity contribution in [1.29, 1.82) is 0 Å². The van der Waals surface area contributed by atoms with Crippen LogP contribution in [0.25, 0.3) is 0 Å². The number of nitrogens with two attached hydrogens (primary N) is 1. The number of nitrogens with zero attached hydrogens (tertiary/aromatic N) is 1. The lowest BCUT2D eigenvalue weighted by atomic mass is 10.1. The molecule has 17 heavy (non-hydrogen) atoms. The van der Waals surface area contributed by atoms with Gasteiger partial charge in [-0.15, -0.1) is 0 Å². The third-order valence-electron chi connectivity index (χ3n) is 2.62. The second-order valence-corrected chi connectivity index (χ2v) is 4.45. The number of carbonyl (C=O) groups excluding carboxylic acids is 1. The molecule has 3 nitrogen and oxygen atoms in total. The fourth-order valence-corrected chi connectivity index (χ4v) is 1.91. The van der Waals surface area contributed by atoms with Gasteiger partial charge in [-0.05, 0) is 31.5 Å². The fourth-order valence-electron chi connectivity index (χ4n) is 1.67. The molecule has 1 aromatic carbocycles. The summed E-state index contributed by atoms with van der Waals surface area (Å²) in [6.45, 7) is 5.56. The standard InChI is InChI=1S/C13H19ClN2O/c1-3-5-6-16(4-2)13(17)10-7-11(14)9-12(15)8-10/h7-9H,3-6,15H2,1-2H3. The van der Waals surface area contributed by atoms with Crippen LogP contribution in [0.4, 0.5) is 5.69 Å². The second-order valence-electron chi connectivity index (χ2n) is 4.01. The molecule has 0 aromatic heterocycles. The van der Waals surface area contributed by atoms with E-state index in [1.807, 2.05) is 11.8 Å². The largest absolute Gasteiger partial charge is 0.399 e. The number of carbonyl (C=O) groups is 1. The normalized spacial score (nSPS) is 10.3. The van der Waals surface area contributed by atoms with Gasteiger partial charge in [0.05, 0.1) is 0 Å². The third-order valence-corrected chi connectivity index (χ3v) is 2.84. The quantitative estimate of drug-likeness (QED) is 0.821. The average molecular weight is 255 g/mol. The number of anilines is 1. The highest BCUT2D eigenvalue weighted by molar-refractivity contribution is 6.31. The van der Waals surface area contributed by atoms with E-state index in [1.54, 1.807) is 18.2 Å². The molecule has 0 atom stereocenters. The van der Waals surface area contributed by atoms with Gasteiger partial charge in [0, 0.05) is 29.4 Å². The van der Waals surface area contributed by atoms with Gasteiger partial charge >= 0.3 is 0 Å². The molecule has 2 N–H and O–H groups in total. The Hall–Kier alpha value is -1.22. The molecule has 0 saturated heterocycles. The maximum Gasteiger partial charge on any atom is 0.253 e. The minimum Gasteiger partial charge on any atom is -0.399 e. The van der Waals surface area contributed by atoms with E-state index in [0.717, 1.165) is 19.4 Å². The minimum absolute atomic E-state index is 0.00449. The predicted molar refractivity (Wildman–Crippen MR) is 72.3 cm³/mol. The Morgan fingerprint density at radius 1 is 1.35 bits per heavy atom. The molecule has 0 aliphatic heterocycles. The summed E-state index contributed by atoms with van der Waals surface area (Å²) in [5.41, 5.74) is 6.77. The summed E-state index contributed by atoms with van der Waals surface area (Å²) >= 11 is 5.90. The maximum atomic E-state index is 12.2. The van der Waals surface area contributed by atoms with E-state index in [9.17, 15) is 4.79 Å². The highest BCUT2D eigenvalue weighted by atomic mass is 35.5. The molecule has 1 aromatic rings. The Balaban J connectivity index is 2.85. The second kappa shape index (κ2) is 6.50. The summed E-state index contributed by atoms with van der Waals surface area (Å²) in [5, 5.41) is 0.500. The highest BCUT2D eigenvalue weighted by Crippen LogP contribution is 2.18. The van der Waals surface area contributed by atoms with Crippen LogP contribution in [0.3, 0.4) is 0 Å². The first-order valence-electron chi connectivity index (χ1n) is 5.93. The monoisotopic (exact) mass is 254 g/mol. The van der Waals surface area contributed by atoms with E-state index in [2.05, 4.69) is 6.92 Å². The van der Waals surface area contributed by atoms with Crippen LogP contribution in [0, 0.1) is 0 Å². The summed E-state index contributed by atoms with van der Waals surface area (Å²) in [6, 6.07) is 4.97. The van der Waals surface area contributed by atoms with Crippen LogP contribution in [-0.4, -0.2) is 23.9 Å². The lowest BCUT2D eigenvalue weighted by Gasteiger charge is -2.20. The van der Waals surface area contributed by atoms with Gasteiger partial charge in [0.25, 0.3) is 5.91 Å². The zero-order valence-electron chi connectivity index (χ0n) is 10.4. The Kier molecular flexibility index (Phi) is 5.29. The maximum absolute atomic E-state index is 12.2. The molecule has 1 rings (SSSR count). The van der Waals surface area contributed by atoms with Crippen LogP contribution in [0.2, 0.25) is 5.02 Å². The lowest BCUT2D eigenvalue weighted by molar-refractivity contribution is 0.0762. The van der Waals surface area contributed by atoms with Crippen molar-refractivity contribution in [3.05, 3.63) is 28.8 Å². The van der Waals surface area contributed by atoms with Gasteiger partial charge in [-0.2, -0.15) is 0 Å². The highest BCUT2D eigenvalue weighted by Gasteiger charge is 2.14. The van der Waals surface area contributed by atoms with Gasteiger partial charge in [-0.1, -0.05) is 24.9 Å². The van der Waals surface area contributed by atoms with Crippen LogP contribution in [0.15, 0.2) is 18.2 Å². The van der Waals surface area contributed by atoms with Gasteiger partial charge in [0.15, 0.2) is 0 Å². The predicted octanol–water partition coefficient (Wildman–Crippen LogP) is 3.18. The van der Waals surface area contributed by atoms with Crippen LogP contribution < -0.4 is 5.73 Å². The third kappa shape index (κ3) is 3.93. The van der Waals surface area contributed by atoms with Gasteiger partial charge in [0.2, 0.25) is 0 Å². The molecule has 0 aliphatic carbocycles. The van der Waals surface area contributed by atoms with E-state index < -0.39 is 0 Å². The average Bonchev–Trinajstić information content (AvgIpc) is 2.28. The zero-order chi connectivity index (χ0) is 12.8. The van der Waals surface area contributed by atoms with Gasteiger partial charge < -0.3 is 10.6 Å². The molecule has 4 heteroatoms. The number of amides is 1. The molecule has 0 fully saturated rings. The SMILES string of the molecule is CCCCN(CC)C(=O)c1cc(N)cc(Cl)c1. The zero-order valence-corrected chi connectivity index (χ0v) is 11.1. The van der Waals surface area contributed by atoms with E-state index in [-0.39, 0.29) is 5.91 Å². The summed E-state index contributed by atoms with van der Waals surface area (Å²) in [5.74, 6) is -0.00449. The molecule has 0 heterocycles. The van der Waals surface area contributed by atoms with E-state index >= 15 is 0 Å². The summed E-state index contributed by atoms with van der Waals surface area (Å²) in [4.78, 5) is 14.0. The number of rotatable bonds is 5. The fraction of sp³-hybridized carbons (Fsp3) is 0.462. The van der Waals surface area contributed by atoms with Crippen LogP contribution in [0.5, 0.6) is 0 Å². The smallest absolute Gasteiger partial charge is 0.253 e. The molecule has 0 saturated carbocycles. The summed E-state index contributed by atoms with van der Waals surface area (Å²) in [7, 11) is 0. The van der Waals surface area contributed by atoms with Gasteiger partial charge in [-0.25, -0.2) is 0 Å². The Bertz CT molecular complexity index is 373. The van der Waals surface area contributed by atoms with E-state index in [0.29, 0.717) is 22.8 Å². The number of benzene rings is 1. The van der Waals surface area contributed by atoms with Crippen LogP contribution in [0.1, 0.15) is 37.0 Å². The minimum atomic E-state index is -0.00449. The molecule has 0 bridgehead atoms. The topological polar surface area (TPSA) is 46.3 Å². The van der Waals surface area contributed by atoms with Gasteiger partial charge in [0.1, 0.15) is 0 Å². The Labute approximate surface area is 108 Å². The number of hydrogen-bond acceptors (Lipinski definition) is 2. The van der Waals surface area contributed by atoms with Gasteiger partial charge in [-0.3, -0.25) is 4.79 Å². The first-order valence-corrected chi connectivity index (χ1v) is 6.31. The lowest BCUT2D eigenvalue weighted by Crippen LogP contribution is -2.31. The van der Waals surface area contributed by atoms with Crippen LogP contribution >= 0.6 is 11.6 Å². The molecule has 0 unspecified atom stereocenters. The molecule has 0 spiro atoms. The molecule has 0 aliphatic rings. The number of hydrogen-bond donors (Lipinski definition) is 1. The molecule has 94 valence electrons. The van der Waals surface area contributed by atoms with Crippen molar-refractivity contribution >= 4 is 23.2 Å². The molecule has 1 amide bonds. The number of halogens is 1. The van der Waals surface area contributed by atoms with Crippen molar-refractivity contribution in [3.63, 3.8) is 0 Å². The van der Waals surface area contributed by atoms with Crippen molar-refractivity contribution in [2.45, 2.75) is 26.7 Å². The summed E-state index contributed by atoms with van der Waals surface area (Å²) < 4.78 is 0. The van der Waals surface area contributed by atoms with E-state index in [4.69, 9.17) is 17.3 Å². The van der Waals surface area contributed by atoms with Crippen molar-refractivity contribution in [1.82, 2.24) is 4.90 Å². The van der Waals surface area contributed by atoms with Crippen molar-refractivity contribution < 1.29 is 4.79 Å². The number of nitrogen functional groups attached to an aromatic ring is 1. The first kappa shape index (κ1) is 13.8. The van der Waals surface area contributed by atoms with E-state index in [1.165, 1.54) is 0 Å². The number of unbranched alkanes of at least 4 members (excludes halogenated alkanes) is 1. The van der Waals surface area contributed by atoms with Crippen molar-refractivity contribution in [2.24, 2.45) is 0 Å². The Morgan fingerprint density at radius 2 is 2.06 bits per heavy atom. The van der Waals surface area contributed by atoms with Crippen molar-refractivity contribution in [2.75, 3.05) is 18.8 Å². The van der Waals surface area contributed by atoms with Crippen molar-refractivity contribution in [3.8, 4) is 0 Å². The first-order chi connectivity index (χ1) is 8.08. The molecular weight excluding hydrogens is 236 g/mol. The summed E-state index contributed by atoms with van der Waals surface area (Å²) in [6.07, 6.45) is 2.08.